The number of esters is 2. The van der Waals surface area contributed by atoms with E-state index < -0.39 is 6.10 Å². The SMILES string of the molecule is CC/C=C\C/C=C\C/C=C\C/C=C\CCCCCCCCCCCCCCCCCCCCCCCCC(=O)OC(CO)COC(=O)CCCCCCCCCCCCCCCCCCCCCCCCCCCCCCC. The Morgan fingerprint density at radius 2 is 0.551 bits per heavy atom. The molecular weight excluding hydrogens is 957 g/mol. The van der Waals surface area contributed by atoms with E-state index in [1.807, 2.05) is 0 Å². The Bertz CT molecular complexity index is 1280. The van der Waals surface area contributed by atoms with Crippen molar-refractivity contribution in [3.05, 3.63) is 48.6 Å². The third-order valence-electron chi connectivity index (χ3n) is 16.1. The van der Waals surface area contributed by atoms with Crippen molar-refractivity contribution in [3.8, 4) is 0 Å². The summed E-state index contributed by atoms with van der Waals surface area (Å²) >= 11 is 0. The van der Waals surface area contributed by atoms with Gasteiger partial charge in [-0.25, -0.2) is 0 Å². The molecule has 0 amide bonds. The summed E-state index contributed by atoms with van der Waals surface area (Å²) in [5.74, 6) is -0.565. The molecular formula is C73H136O5. The lowest BCUT2D eigenvalue weighted by Gasteiger charge is -2.15. The van der Waals surface area contributed by atoms with Gasteiger partial charge in [-0.3, -0.25) is 9.59 Å². The predicted octanol–water partition coefficient (Wildman–Crippen LogP) is 24.3. The van der Waals surface area contributed by atoms with Crippen LogP contribution in [0.15, 0.2) is 48.6 Å². The number of allylic oxidation sites excluding steroid dienone is 8. The number of carbonyl (C=O) groups is 2. The third-order valence-corrected chi connectivity index (χ3v) is 16.1. The molecule has 0 saturated heterocycles. The van der Waals surface area contributed by atoms with E-state index in [0.717, 1.165) is 57.8 Å². The molecule has 5 nitrogen and oxygen atoms in total. The Morgan fingerprint density at radius 1 is 0.308 bits per heavy atom. The van der Waals surface area contributed by atoms with E-state index in [0.29, 0.717) is 12.8 Å². The summed E-state index contributed by atoms with van der Waals surface area (Å²) in [5.41, 5.74) is 0. The number of aliphatic hydroxyl groups excluding tert-OH is 1. The molecule has 0 aliphatic heterocycles. The van der Waals surface area contributed by atoms with Crippen molar-refractivity contribution < 1.29 is 24.2 Å². The van der Waals surface area contributed by atoms with Gasteiger partial charge in [-0.05, 0) is 51.4 Å². The van der Waals surface area contributed by atoms with Gasteiger partial charge in [0.2, 0.25) is 0 Å². The Morgan fingerprint density at radius 3 is 0.833 bits per heavy atom. The Hall–Kier alpha value is -2.14. The van der Waals surface area contributed by atoms with Crippen LogP contribution in [0.2, 0.25) is 0 Å². The highest BCUT2D eigenvalue weighted by atomic mass is 16.6. The van der Waals surface area contributed by atoms with Gasteiger partial charge in [-0.2, -0.15) is 0 Å². The van der Waals surface area contributed by atoms with E-state index in [1.54, 1.807) is 0 Å². The predicted molar refractivity (Wildman–Crippen MR) is 344 cm³/mol. The first kappa shape index (κ1) is 75.9. The van der Waals surface area contributed by atoms with Crippen LogP contribution in [0.25, 0.3) is 0 Å². The van der Waals surface area contributed by atoms with Crippen LogP contribution in [0.3, 0.4) is 0 Å². The van der Waals surface area contributed by atoms with Gasteiger partial charge < -0.3 is 14.6 Å². The second-order valence-corrected chi connectivity index (χ2v) is 23.9. The van der Waals surface area contributed by atoms with E-state index >= 15 is 0 Å². The minimum absolute atomic E-state index is 0.0588. The standard InChI is InChI=1S/C73H136O5/c1-3-5-7-9-11-13-15-17-19-21-23-25-27-29-31-33-34-35-36-37-38-40-42-44-46-48-50-52-54-56-58-60-62-64-66-68-73(76)78-71(69-74)70-77-72(75)67-65-63-61-59-57-55-53-51-49-47-45-43-41-39-32-30-28-26-24-22-20-18-16-14-12-10-8-6-4-2/h5,7,11,13,17,19,23,25,71,74H,3-4,6,8-10,12,14-16,18,20-22,24,26-70H2,1-2H3/b7-5-,13-11-,19-17-,25-23-. The van der Waals surface area contributed by atoms with Crippen molar-refractivity contribution in [1.29, 1.82) is 0 Å². The topological polar surface area (TPSA) is 72.8 Å². The maximum atomic E-state index is 12.4. The number of ether oxygens (including phenoxy) is 2. The van der Waals surface area contributed by atoms with E-state index in [9.17, 15) is 14.7 Å². The molecule has 458 valence electrons. The maximum Gasteiger partial charge on any atom is 0.306 e. The molecule has 0 aliphatic rings. The van der Waals surface area contributed by atoms with Gasteiger partial charge in [0, 0.05) is 12.8 Å². The van der Waals surface area contributed by atoms with Crippen LogP contribution in [-0.2, 0) is 19.1 Å². The highest BCUT2D eigenvalue weighted by Crippen LogP contribution is 2.19. The minimum atomic E-state index is -0.770. The fraction of sp³-hybridized carbons (Fsp3) is 0.863. The van der Waals surface area contributed by atoms with Gasteiger partial charge in [-0.1, -0.05) is 371 Å². The van der Waals surface area contributed by atoms with Crippen LogP contribution in [0, 0.1) is 0 Å². The van der Waals surface area contributed by atoms with E-state index in [4.69, 9.17) is 9.47 Å². The van der Waals surface area contributed by atoms with E-state index in [2.05, 4.69) is 62.5 Å². The molecule has 0 fully saturated rings. The summed E-state index contributed by atoms with van der Waals surface area (Å²) in [6.45, 7) is 4.09. The van der Waals surface area contributed by atoms with Crippen molar-refractivity contribution in [3.63, 3.8) is 0 Å². The monoisotopic (exact) mass is 1090 g/mol. The van der Waals surface area contributed by atoms with Gasteiger partial charge in [0.25, 0.3) is 0 Å². The number of unbranched alkanes of at least 4 members (excludes halogenated alkanes) is 50. The molecule has 0 aliphatic carbocycles. The quantitative estimate of drug-likeness (QED) is 0.0373. The molecule has 0 aromatic heterocycles. The van der Waals surface area contributed by atoms with Crippen molar-refractivity contribution in [2.75, 3.05) is 13.2 Å². The van der Waals surface area contributed by atoms with Crippen LogP contribution in [-0.4, -0.2) is 36.4 Å². The highest BCUT2D eigenvalue weighted by molar-refractivity contribution is 5.70. The fourth-order valence-electron chi connectivity index (χ4n) is 10.9. The van der Waals surface area contributed by atoms with Crippen LogP contribution in [0.1, 0.15) is 386 Å². The molecule has 0 aromatic carbocycles. The first-order chi connectivity index (χ1) is 38.6. The van der Waals surface area contributed by atoms with Crippen molar-refractivity contribution in [2.45, 2.75) is 392 Å². The van der Waals surface area contributed by atoms with Crippen molar-refractivity contribution >= 4 is 11.9 Å². The Balaban J connectivity index is 3.38. The normalized spacial score (nSPS) is 12.4. The average Bonchev–Trinajstić information content (AvgIpc) is 3.44. The molecule has 0 radical (unpaired) electrons. The van der Waals surface area contributed by atoms with Gasteiger partial charge in [0.15, 0.2) is 6.10 Å². The second kappa shape index (κ2) is 69.1. The molecule has 0 heterocycles. The van der Waals surface area contributed by atoms with Gasteiger partial charge in [0.1, 0.15) is 6.61 Å². The molecule has 0 spiro atoms. The summed E-state index contributed by atoms with van der Waals surface area (Å²) < 4.78 is 10.8. The molecule has 0 bridgehead atoms. The third kappa shape index (κ3) is 66.4. The number of rotatable bonds is 66. The summed E-state index contributed by atoms with van der Waals surface area (Å²) in [7, 11) is 0. The van der Waals surface area contributed by atoms with Gasteiger partial charge >= 0.3 is 11.9 Å². The number of hydrogen-bond donors (Lipinski definition) is 1. The molecule has 1 unspecified atom stereocenters. The maximum absolute atomic E-state index is 12.4. The molecule has 5 heteroatoms. The van der Waals surface area contributed by atoms with Crippen molar-refractivity contribution in [1.82, 2.24) is 0 Å². The van der Waals surface area contributed by atoms with E-state index in [-0.39, 0.29) is 25.2 Å². The second-order valence-electron chi connectivity index (χ2n) is 23.9. The first-order valence-corrected chi connectivity index (χ1v) is 35.2. The largest absolute Gasteiger partial charge is 0.462 e. The van der Waals surface area contributed by atoms with Gasteiger partial charge in [0.05, 0.1) is 6.61 Å². The zero-order valence-corrected chi connectivity index (χ0v) is 52.7. The lowest BCUT2D eigenvalue weighted by atomic mass is 10.0. The van der Waals surface area contributed by atoms with Gasteiger partial charge in [-0.15, -0.1) is 0 Å². The van der Waals surface area contributed by atoms with Crippen LogP contribution in [0.5, 0.6) is 0 Å². The molecule has 78 heavy (non-hydrogen) atoms. The fourth-order valence-corrected chi connectivity index (χ4v) is 10.9. The molecule has 0 rings (SSSR count). The van der Waals surface area contributed by atoms with Crippen LogP contribution < -0.4 is 0 Å². The number of hydrogen-bond acceptors (Lipinski definition) is 5. The summed E-state index contributed by atoms with van der Waals surface area (Å²) in [6, 6.07) is 0. The molecule has 0 aromatic rings. The van der Waals surface area contributed by atoms with Crippen LogP contribution >= 0.6 is 0 Å². The number of carbonyl (C=O) groups excluding carboxylic acids is 2. The zero-order chi connectivity index (χ0) is 56.2. The summed E-state index contributed by atoms with van der Waals surface area (Å²) in [5, 5.41) is 9.70. The Kier molecular flexibility index (Phi) is 67.2. The summed E-state index contributed by atoms with van der Waals surface area (Å²) in [4.78, 5) is 24.7. The Labute approximate surface area is 488 Å². The lowest BCUT2D eigenvalue weighted by molar-refractivity contribution is -0.161. The first-order valence-electron chi connectivity index (χ1n) is 35.2. The van der Waals surface area contributed by atoms with E-state index in [1.165, 1.54) is 302 Å². The zero-order valence-electron chi connectivity index (χ0n) is 52.7. The minimum Gasteiger partial charge on any atom is -0.462 e. The smallest absolute Gasteiger partial charge is 0.306 e. The van der Waals surface area contributed by atoms with Crippen molar-refractivity contribution in [2.24, 2.45) is 0 Å². The molecule has 1 atom stereocenters. The average molecular weight is 1090 g/mol. The molecule has 1 N–H and O–H groups in total. The number of aliphatic hydroxyl groups is 1. The van der Waals surface area contributed by atoms with Crippen LogP contribution in [0.4, 0.5) is 0 Å². The lowest BCUT2D eigenvalue weighted by Crippen LogP contribution is -2.28. The highest BCUT2D eigenvalue weighted by Gasteiger charge is 2.16. The summed E-state index contributed by atoms with van der Waals surface area (Å²) in [6.07, 6.45) is 93.0. The molecule has 0 saturated carbocycles.